The quantitative estimate of drug-likeness (QED) is 0.343. The number of aromatic nitrogens is 2. The average Bonchev–Trinajstić information content (AvgIpc) is 3.14. The maximum atomic E-state index is 11.0. The molecule has 2 aromatic rings. The van der Waals surface area contributed by atoms with Crippen LogP contribution in [0.4, 0.5) is 4.79 Å². The Kier molecular flexibility index (Phi) is 9.06. The van der Waals surface area contributed by atoms with Crippen molar-refractivity contribution in [3.8, 4) is 11.6 Å². The highest BCUT2D eigenvalue weighted by Crippen LogP contribution is 2.36. The zero-order chi connectivity index (χ0) is 27.5. The summed E-state index contributed by atoms with van der Waals surface area (Å²) in [6, 6.07) is 7.70. The Balaban J connectivity index is 1.92. The van der Waals surface area contributed by atoms with Crippen molar-refractivity contribution in [1.82, 2.24) is 9.78 Å². The Morgan fingerprint density at radius 1 is 1.14 bits per heavy atom. The second-order valence-electron chi connectivity index (χ2n) is 9.90. The number of hydrogen-bond acceptors (Lipinski definition) is 9. The summed E-state index contributed by atoms with van der Waals surface area (Å²) in [6.07, 6.45) is -7.28. The standard InChI is InChI=1S/C26H38N2O9/c1-7-26(13-34-25(32)33)22(31)20(29)21(30)24(37-26)36-23-19(16(6)28(27-23)14(2)3)12-17-8-10-18(11-9-17)35-15(4)5/h8-11,14-15,20-22,24,29-31H,7,12-13H2,1-6H3,(H,32,33)/t20-,21-,22+,24-,26-/m1/s1. The smallest absolute Gasteiger partial charge is 0.491 e. The van der Waals surface area contributed by atoms with Gasteiger partial charge < -0.3 is 39.4 Å². The Hall–Kier alpha value is -2.86. The van der Waals surface area contributed by atoms with E-state index >= 15 is 0 Å². The highest BCUT2D eigenvalue weighted by Gasteiger charge is 2.54. The van der Waals surface area contributed by atoms with Gasteiger partial charge in [-0.05, 0) is 58.7 Å². The lowest BCUT2D eigenvalue weighted by Gasteiger charge is -2.47. The van der Waals surface area contributed by atoms with Crippen LogP contribution < -0.4 is 9.47 Å². The van der Waals surface area contributed by atoms with Gasteiger partial charge in [0.25, 0.3) is 0 Å². The summed E-state index contributed by atoms with van der Waals surface area (Å²) < 4.78 is 24.1. The van der Waals surface area contributed by atoms with Crippen molar-refractivity contribution in [3.63, 3.8) is 0 Å². The van der Waals surface area contributed by atoms with Crippen LogP contribution in [0.15, 0.2) is 24.3 Å². The summed E-state index contributed by atoms with van der Waals surface area (Å²) in [5, 5.41) is 45.4. The molecule has 206 valence electrons. The molecule has 0 aliphatic carbocycles. The van der Waals surface area contributed by atoms with E-state index in [1.54, 1.807) is 11.6 Å². The molecule has 0 saturated carbocycles. The number of aliphatic hydroxyl groups is 3. The van der Waals surface area contributed by atoms with Gasteiger partial charge in [0.2, 0.25) is 12.2 Å². The van der Waals surface area contributed by atoms with Gasteiger partial charge in [0.15, 0.2) is 0 Å². The van der Waals surface area contributed by atoms with Gasteiger partial charge in [-0.1, -0.05) is 19.1 Å². The maximum absolute atomic E-state index is 11.0. The first-order valence-electron chi connectivity index (χ1n) is 12.5. The molecule has 2 heterocycles. The molecule has 1 aromatic carbocycles. The second kappa shape index (κ2) is 11.7. The van der Waals surface area contributed by atoms with E-state index in [9.17, 15) is 20.1 Å². The van der Waals surface area contributed by atoms with E-state index in [0.717, 1.165) is 22.6 Å². The van der Waals surface area contributed by atoms with Crippen molar-refractivity contribution in [3.05, 3.63) is 41.1 Å². The third kappa shape index (κ3) is 6.35. The molecule has 0 radical (unpaired) electrons. The second-order valence-corrected chi connectivity index (χ2v) is 9.90. The van der Waals surface area contributed by atoms with Gasteiger partial charge in [-0.25, -0.2) is 4.79 Å². The molecule has 1 aliphatic heterocycles. The first kappa shape index (κ1) is 28.7. The van der Waals surface area contributed by atoms with Crippen LogP contribution in [-0.2, 0) is 15.9 Å². The highest BCUT2D eigenvalue weighted by molar-refractivity contribution is 5.56. The Labute approximate surface area is 216 Å². The Morgan fingerprint density at radius 2 is 1.78 bits per heavy atom. The van der Waals surface area contributed by atoms with Gasteiger partial charge in [0.05, 0.1) is 6.10 Å². The molecule has 0 bridgehead atoms. The molecule has 5 atom stereocenters. The van der Waals surface area contributed by atoms with Crippen LogP contribution in [-0.4, -0.2) is 79.3 Å². The van der Waals surface area contributed by atoms with E-state index < -0.39 is 43.0 Å². The highest BCUT2D eigenvalue weighted by atomic mass is 16.7. The summed E-state index contributed by atoms with van der Waals surface area (Å²) in [6.45, 7) is 10.9. The van der Waals surface area contributed by atoms with Gasteiger partial charge in [-0.15, -0.1) is 5.10 Å². The number of rotatable bonds is 10. The number of carbonyl (C=O) groups is 1. The van der Waals surface area contributed by atoms with E-state index in [2.05, 4.69) is 9.84 Å². The minimum Gasteiger partial charge on any atom is -0.491 e. The van der Waals surface area contributed by atoms with Gasteiger partial charge in [0.1, 0.15) is 36.3 Å². The summed E-state index contributed by atoms with van der Waals surface area (Å²) in [5.74, 6) is 0.959. The number of benzene rings is 1. The Bertz CT molecular complexity index is 1050. The SMILES string of the molecule is CC[C@]1(COC(=O)O)O[C@@H](Oc2nn(C(C)C)c(C)c2Cc2ccc(OC(C)C)cc2)[C@H](O)[C@@H](O)[C@@H]1O. The van der Waals surface area contributed by atoms with Crippen LogP contribution in [0.2, 0.25) is 0 Å². The summed E-state index contributed by atoms with van der Waals surface area (Å²) in [5.41, 5.74) is 0.968. The van der Waals surface area contributed by atoms with Crippen LogP contribution in [0.5, 0.6) is 11.6 Å². The van der Waals surface area contributed by atoms with Crippen molar-refractivity contribution in [2.24, 2.45) is 0 Å². The summed E-state index contributed by atoms with van der Waals surface area (Å²) in [7, 11) is 0. The van der Waals surface area contributed by atoms with E-state index in [0.29, 0.717) is 6.42 Å². The number of hydrogen-bond donors (Lipinski definition) is 4. The van der Waals surface area contributed by atoms with E-state index in [1.807, 2.05) is 58.9 Å². The molecular formula is C26H38N2O9. The lowest BCUT2D eigenvalue weighted by molar-refractivity contribution is -0.320. The molecule has 11 nitrogen and oxygen atoms in total. The van der Waals surface area contributed by atoms with Gasteiger partial charge in [0, 0.05) is 23.7 Å². The third-order valence-corrected chi connectivity index (χ3v) is 6.51. The zero-order valence-electron chi connectivity index (χ0n) is 22.1. The topological polar surface area (TPSA) is 153 Å². The molecule has 0 amide bonds. The monoisotopic (exact) mass is 522 g/mol. The maximum Gasteiger partial charge on any atom is 0.505 e. The van der Waals surface area contributed by atoms with Crippen LogP contribution in [0.25, 0.3) is 0 Å². The van der Waals surface area contributed by atoms with Crippen LogP contribution in [0.1, 0.15) is 63.9 Å². The molecule has 0 unspecified atom stereocenters. The largest absolute Gasteiger partial charge is 0.505 e. The van der Waals surface area contributed by atoms with Crippen molar-refractivity contribution >= 4 is 6.16 Å². The number of aliphatic hydroxyl groups excluding tert-OH is 3. The summed E-state index contributed by atoms with van der Waals surface area (Å²) in [4.78, 5) is 11.0. The number of nitrogens with zero attached hydrogens (tertiary/aromatic N) is 2. The lowest BCUT2D eigenvalue weighted by atomic mass is 9.85. The molecule has 1 fully saturated rings. The van der Waals surface area contributed by atoms with Gasteiger partial charge >= 0.3 is 6.16 Å². The fourth-order valence-electron chi connectivity index (χ4n) is 4.42. The average molecular weight is 523 g/mol. The van der Waals surface area contributed by atoms with E-state index in [1.165, 1.54) is 0 Å². The first-order chi connectivity index (χ1) is 17.4. The first-order valence-corrected chi connectivity index (χ1v) is 12.5. The number of ether oxygens (including phenoxy) is 4. The normalized spacial score (nSPS) is 25.9. The zero-order valence-corrected chi connectivity index (χ0v) is 22.1. The van der Waals surface area contributed by atoms with E-state index in [4.69, 9.17) is 19.3 Å². The minimum atomic E-state index is -1.67. The summed E-state index contributed by atoms with van der Waals surface area (Å²) >= 11 is 0. The third-order valence-electron chi connectivity index (χ3n) is 6.51. The molecule has 11 heteroatoms. The van der Waals surface area contributed by atoms with Crippen LogP contribution >= 0.6 is 0 Å². The van der Waals surface area contributed by atoms with E-state index in [-0.39, 0.29) is 24.4 Å². The fourth-order valence-corrected chi connectivity index (χ4v) is 4.42. The lowest BCUT2D eigenvalue weighted by Crippen LogP contribution is -2.67. The molecule has 0 spiro atoms. The van der Waals surface area contributed by atoms with Crippen molar-refractivity contribution in [2.75, 3.05) is 6.61 Å². The van der Waals surface area contributed by atoms with Crippen molar-refractivity contribution in [1.29, 1.82) is 0 Å². The molecule has 37 heavy (non-hydrogen) atoms. The van der Waals surface area contributed by atoms with Crippen molar-refractivity contribution in [2.45, 2.75) is 96.7 Å². The van der Waals surface area contributed by atoms with Gasteiger partial charge in [-0.2, -0.15) is 0 Å². The molecule has 1 aliphatic rings. The molecule has 4 N–H and O–H groups in total. The van der Waals surface area contributed by atoms with Crippen molar-refractivity contribution < 1.29 is 44.2 Å². The molecular weight excluding hydrogens is 484 g/mol. The molecule has 1 saturated heterocycles. The fraction of sp³-hybridized carbons (Fsp3) is 0.615. The van der Waals surface area contributed by atoms with Crippen LogP contribution in [0, 0.1) is 6.92 Å². The Morgan fingerprint density at radius 3 is 2.32 bits per heavy atom. The molecule has 3 rings (SSSR count). The van der Waals surface area contributed by atoms with Gasteiger partial charge in [-0.3, -0.25) is 4.68 Å². The predicted molar refractivity (Wildman–Crippen MR) is 133 cm³/mol. The van der Waals surface area contributed by atoms with Crippen LogP contribution in [0.3, 0.4) is 0 Å². The minimum absolute atomic E-state index is 0.0150. The predicted octanol–water partition coefficient (Wildman–Crippen LogP) is 2.81. The number of carboxylic acid groups (broad SMARTS) is 1. The molecule has 1 aromatic heterocycles.